The zero-order chi connectivity index (χ0) is 22.0. The van der Waals surface area contributed by atoms with Gasteiger partial charge in [0.2, 0.25) is 11.8 Å². The van der Waals surface area contributed by atoms with Crippen molar-refractivity contribution in [3.05, 3.63) is 24.3 Å². The lowest BCUT2D eigenvalue weighted by atomic mass is 10.1. The lowest BCUT2D eigenvalue weighted by molar-refractivity contribution is -0.274. The molecule has 11 heteroatoms. The summed E-state index contributed by atoms with van der Waals surface area (Å²) in [7, 11) is 1.51. The van der Waals surface area contributed by atoms with E-state index in [9.17, 15) is 27.6 Å². The van der Waals surface area contributed by atoms with E-state index < -0.39 is 30.0 Å². The van der Waals surface area contributed by atoms with E-state index in [1.165, 1.54) is 24.1 Å². The second kappa shape index (κ2) is 11.2. The van der Waals surface area contributed by atoms with E-state index in [0.717, 1.165) is 18.6 Å². The van der Waals surface area contributed by atoms with Crippen molar-refractivity contribution in [1.29, 1.82) is 0 Å². The number of likely N-dealkylation sites (N-methyl/N-ethyl adjacent to an activating group) is 1. The largest absolute Gasteiger partial charge is 0.573 e. The molecule has 0 aliphatic heterocycles. The molecule has 0 atom stereocenters. The number of nitrogens with zero attached hydrogens (tertiary/aromatic N) is 1. The average molecular weight is 418 g/mol. The molecule has 0 saturated heterocycles. The quantitative estimate of drug-likeness (QED) is 0.572. The number of rotatable bonds is 9. The van der Waals surface area contributed by atoms with Gasteiger partial charge in [-0.15, -0.1) is 13.2 Å². The first-order chi connectivity index (χ1) is 13.4. The summed E-state index contributed by atoms with van der Waals surface area (Å²) in [4.78, 5) is 36.7. The van der Waals surface area contributed by atoms with Crippen molar-refractivity contribution in [3.63, 3.8) is 0 Å². The first-order valence-corrected chi connectivity index (χ1v) is 8.86. The molecule has 3 N–H and O–H groups in total. The first kappa shape index (κ1) is 24.2. The van der Waals surface area contributed by atoms with E-state index >= 15 is 0 Å². The molecule has 0 aliphatic rings. The van der Waals surface area contributed by atoms with Gasteiger partial charge < -0.3 is 15.4 Å². The number of hydrogen-bond donors (Lipinski definition) is 3. The van der Waals surface area contributed by atoms with Crippen molar-refractivity contribution in [1.82, 2.24) is 15.5 Å². The van der Waals surface area contributed by atoms with E-state index in [2.05, 4.69) is 20.7 Å². The maximum Gasteiger partial charge on any atom is 0.573 e. The van der Waals surface area contributed by atoms with Gasteiger partial charge >= 0.3 is 12.4 Å². The summed E-state index contributed by atoms with van der Waals surface area (Å²) in [5, 5.41) is 7.21. The van der Waals surface area contributed by atoms with Crippen LogP contribution in [0.5, 0.6) is 5.75 Å². The number of anilines is 1. The lowest BCUT2D eigenvalue weighted by Crippen LogP contribution is -2.45. The van der Waals surface area contributed by atoms with Crippen LogP contribution in [0.1, 0.15) is 20.3 Å². The fourth-order valence-corrected chi connectivity index (χ4v) is 2.17. The number of imide groups is 1. The highest BCUT2D eigenvalue weighted by Crippen LogP contribution is 2.23. The zero-order valence-electron chi connectivity index (χ0n) is 16.4. The summed E-state index contributed by atoms with van der Waals surface area (Å²) in [6, 6.07) is 4.05. The summed E-state index contributed by atoms with van der Waals surface area (Å²) in [5.74, 6) is -1.04. The van der Waals surface area contributed by atoms with Crippen molar-refractivity contribution in [2.45, 2.75) is 26.6 Å². The fourth-order valence-electron chi connectivity index (χ4n) is 2.17. The van der Waals surface area contributed by atoms with Crippen molar-refractivity contribution in [2.24, 2.45) is 5.92 Å². The molecule has 0 bridgehead atoms. The summed E-state index contributed by atoms with van der Waals surface area (Å²) in [6.45, 7) is 4.11. The van der Waals surface area contributed by atoms with Crippen molar-refractivity contribution >= 4 is 23.5 Å². The standard InChI is InChI=1S/C18H25F3N4O4/c1-12(2)8-9-22-17(28)24-16(27)11-25(3)10-15(26)23-13-4-6-14(7-5-13)29-18(19,20)21/h4-7,12H,8-11H2,1-3H3,(H,23,26)(H2,22,24,27,28). The van der Waals surface area contributed by atoms with Gasteiger partial charge in [-0.2, -0.15) is 0 Å². The number of alkyl halides is 3. The van der Waals surface area contributed by atoms with E-state index in [4.69, 9.17) is 0 Å². The molecule has 1 aromatic carbocycles. The van der Waals surface area contributed by atoms with Crippen LogP contribution in [0.15, 0.2) is 24.3 Å². The fraction of sp³-hybridized carbons (Fsp3) is 0.500. The molecule has 0 aromatic heterocycles. The van der Waals surface area contributed by atoms with Crippen LogP contribution in [0.25, 0.3) is 0 Å². The maximum atomic E-state index is 12.1. The van der Waals surface area contributed by atoms with E-state index in [1.807, 2.05) is 13.8 Å². The Labute approximate surface area is 166 Å². The van der Waals surface area contributed by atoms with E-state index in [0.29, 0.717) is 12.5 Å². The molecule has 29 heavy (non-hydrogen) atoms. The maximum absolute atomic E-state index is 12.1. The highest BCUT2D eigenvalue weighted by molar-refractivity contribution is 5.96. The van der Waals surface area contributed by atoms with Crippen molar-refractivity contribution < 1.29 is 32.3 Å². The SMILES string of the molecule is CC(C)CCNC(=O)NC(=O)CN(C)CC(=O)Nc1ccc(OC(F)(F)F)cc1. The van der Waals surface area contributed by atoms with Crippen molar-refractivity contribution in [2.75, 3.05) is 32.0 Å². The number of hydrogen-bond acceptors (Lipinski definition) is 5. The third-order valence-corrected chi connectivity index (χ3v) is 3.46. The highest BCUT2D eigenvalue weighted by Gasteiger charge is 2.30. The molecule has 0 unspecified atom stereocenters. The van der Waals surface area contributed by atoms with Gasteiger partial charge in [-0.3, -0.25) is 19.8 Å². The Morgan fingerprint density at radius 1 is 1.07 bits per heavy atom. The molecule has 1 aromatic rings. The number of carbonyl (C=O) groups excluding carboxylic acids is 3. The molecular weight excluding hydrogens is 393 g/mol. The molecule has 0 heterocycles. The van der Waals surface area contributed by atoms with Crippen LogP contribution in [-0.4, -0.2) is 55.8 Å². The van der Waals surface area contributed by atoms with Gasteiger partial charge in [0.15, 0.2) is 0 Å². The summed E-state index contributed by atoms with van der Waals surface area (Å²) in [5.41, 5.74) is 0.270. The number of nitrogens with one attached hydrogen (secondary N) is 3. The Hall–Kier alpha value is -2.82. The third kappa shape index (κ3) is 11.6. The number of halogens is 3. The Kier molecular flexibility index (Phi) is 9.39. The molecule has 1 rings (SSSR count). The Morgan fingerprint density at radius 3 is 2.21 bits per heavy atom. The van der Waals surface area contributed by atoms with Gasteiger partial charge in [-0.25, -0.2) is 4.79 Å². The van der Waals surface area contributed by atoms with E-state index in [1.54, 1.807) is 0 Å². The first-order valence-electron chi connectivity index (χ1n) is 8.86. The predicted octanol–water partition coefficient (Wildman–Crippen LogP) is 2.33. The third-order valence-electron chi connectivity index (χ3n) is 3.46. The van der Waals surface area contributed by atoms with Crippen LogP contribution in [0.3, 0.4) is 0 Å². The molecule has 4 amide bonds. The molecular formula is C18H25F3N4O4. The molecule has 0 aliphatic carbocycles. The van der Waals surface area contributed by atoms with Gasteiger partial charge in [0.05, 0.1) is 13.1 Å². The summed E-state index contributed by atoms with van der Waals surface area (Å²) in [6.07, 6.45) is -4.01. The second-order valence-corrected chi connectivity index (χ2v) is 6.78. The molecule has 0 saturated carbocycles. The minimum absolute atomic E-state index is 0.164. The molecule has 0 radical (unpaired) electrons. The predicted molar refractivity (Wildman–Crippen MR) is 100 cm³/mol. The van der Waals surface area contributed by atoms with Crippen LogP contribution < -0.4 is 20.7 Å². The Bertz CT molecular complexity index is 693. The number of carbonyl (C=O) groups is 3. The molecule has 0 spiro atoms. The van der Waals surface area contributed by atoms with Crippen LogP contribution in [0, 0.1) is 5.92 Å². The van der Waals surface area contributed by atoms with E-state index in [-0.39, 0.29) is 18.8 Å². The number of amides is 4. The molecule has 8 nitrogen and oxygen atoms in total. The van der Waals surface area contributed by atoms with Crippen LogP contribution >= 0.6 is 0 Å². The molecule has 162 valence electrons. The van der Waals surface area contributed by atoms with Crippen LogP contribution in [-0.2, 0) is 9.59 Å². The van der Waals surface area contributed by atoms with Gasteiger partial charge in [-0.05, 0) is 43.7 Å². The lowest BCUT2D eigenvalue weighted by Gasteiger charge is -2.16. The highest BCUT2D eigenvalue weighted by atomic mass is 19.4. The monoisotopic (exact) mass is 418 g/mol. The summed E-state index contributed by atoms with van der Waals surface area (Å²) < 4.78 is 40.1. The van der Waals surface area contributed by atoms with Gasteiger partial charge in [0.25, 0.3) is 0 Å². The summed E-state index contributed by atoms with van der Waals surface area (Å²) >= 11 is 0. The smallest absolute Gasteiger partial charge is 0.406 e. The Morgan fingerprint density at radius 2 is 1.66 bits per heavy atom. The number of ether oxygens (including phenoxy) is 1. The zero-order valence-corrected chi connectivity index (χ0v) is 16.4. The van der Waals surface area contributed by atoms with Gasteiger partial charge in [-0.1, -0.05) is 13.8 Å². The number of benzene rings is 1. The Balaban J connectivity index is 2.36. The van der Waals surface area contributed by atoms with Crippen LogP contribution in [0.2, 0.25) is 0 Å². The van der Waals surface area contributed by atoms with Gasteiger partial charge in [0, 0.05) is 12.2 Å². The normalized spacial score (nSPS) is 11.3. The minimum Gasteiger partial charge on any atom is -0.406 e. The minimum atomic E-state index is -4.79. The number of urea groups is 1. The second-order valence-electron chi connectivity index (χ2n) is 6.78. The average Bonchev–Trinajstić information content (AvgIpc) is 2.54. The van der Waals surface area contributed by atoms with Crippen LogP contribution in [0.4, 0.5) is 23.7 Å². The van der Waals surface area contributed by atoms with Gasteiger partial charge in [0.1, 0.15) is 5.75 Å². The molecule has 0 fully saturated rings. The van der Waals surface area contributed by atoms with Crippen molar-refractivity contribution in [3.8, 4) is 5.75 Å². The topological polar surface area (TPSA) is 99.8 Å².